The molecule has 0 unspecified atom stereocenters. The summed E-state index contributed by atoms with van der Waals surface area (Å²) in [7, 11) is 0. The quantitative estimate of drug-likeness (QED) is 0.120. The van der Waals surface area contributed by atoms with E-state index in [-0.39, 0.29) is 0 Å². The second kappa shape index (κ2) is 18.7. The maximum Gasteiger partial charge on any atom is -0.00137 e. The van der Waals surface area contributed by atoms with E-state index in [0.717, 1.165) is 32.1 Å². The van der Waals surface area contributed by atoms with Crippen LogP contribution < -0.4 is 0 Å². The fraction of sp³-hybridized carbons (Fsp3) is 0.0549. The summed E-state index contributed by atoms with van der Waals surface area (Å²) in [4.78, 5) is 0. The Labute approximate surface area is 525 Å². The fourth-order valence-electron chi connectivity index (χ4n) is 17.7. The molecule has 0 radical (unpaired) electrons. The minimum atomic E-state index is 0.772. The van der Waals surface area contributed by atoms with Gasteiger partial charge < -0.3 is 0 Å². The van der Waals surface area contributed by atoms with E-state index in [1.54, 1.807) is 0 Å². The summed E-state index contributed by atoms with van der Waals surface area (Å²) in [5.74, 6) is 0. The summed E-state index contributed by atoms with van der Waals surface area (Å²) in [5, 5.41) is 39.8. The summed E-state index contributed by atoms with van der Waals surface area (Å²) in [6.07, 6.45) is 3.90. The first-order valence-electron chi connectivity index (χ1n) is 32.5. The molecule has 0 amide bonds. The van der Waals surface area contributed by atoms with Gasteiger partial charge in [-0.15, -0.1) is 0 Å². The van der Waals surface area contributed by atoms with Gasteiger partial charge >= 0.3 is 0 Å². The number of hydrogen-bond acceptors (Lipinski definition) is 0. The highest BCUT2D eigenvalue weighted by molar-refractivity contribution is 6.28. The molecule has 420 valence electrons. The summed E-state index contributed by atoms with van der Waals surface area (Å²) < 4.78 is 0. The van der Waals surface area contributed by atoms with Crippen molar-refractivity contribution in [2.45, 2.75) is 32.1 Å². The van der Waals surface area contributed by atoms with Crippen molar-refractivity contribution in [2.24, 2.45) is 0 Å². The maximum atomic E-state index is 2.72. The van der Waals surface area contributed by atoms with Crippen LogP contribution in [0.1, 0.15) is 55.6 Å². The summed E-state index contributed by atoms with van der Waals surface area (Å²) >= 11 is 0. The standard InChI is InChI=1S/C91H56/c1-6-52-16-21-62-26-31-67(74-41-36-57(11-1)82(52)87(62)74)46-72-48-73(47-68-32-27-63-22-17-53-7-2-12-58-37-42-75(68)88(63)83(53)58)80(50-70-34-29-65-24-19-55-9-4-14-60-39-44-77(70)90(65)85(55)60)81(51-71-35-30-66-25-20-56-10-5-15-61-40-45-78(71)91(66)86(56)61)79(72)49-69-33-28-64-23-18-54-8-3-13-59-38-43-76(69)89(64)84(54)59/h1-45,48H,46-47,49-51H2. The predicted molar refractivity (Wildman–Crippen MR) is 391 cm³/mol. The highest BCUT2D eigenvalue weighted by Crippen LogP contribution is 2.46. The average molecular weight is 1150 g/mol. The second-order valence-electron chi connectivity index (χ2n) is 26.4. The highest BCUT2D eigenvalue weighted by atomic mass is 14.3. The number of rotatable bonds is 10. The van der Waals surface area contributed by atoms with Crippen LogP contribution in [0, 0.1) is 0 Å². The van der Waals surface area contributed by atoms with E-state index in [2.05, 4.69) is 279 Å². The van der Waals surface area contributed by atoms with Gasteiger partial charge in [-0.1, -0.05) is 279 Å². The maximum absolute atomic E-state index is 2.72. The Morgan fingerprint density at radius 2 is 0.308 bits per heavy atom. The molecule has 0 saturated heterocycles. The zero-order chi connectivity index (χ0) is 59.2. The van der Waals surface area contributed by atoms with Crippen LogP contribution in [0.2, 0.25) is 0 Å². The van der Waals surface area contributed by atoms with E-state index in [1.807, 2.05) is 0 Å². The fourth-order valence-corrected chi connectivity index (χ4v) is 17.7. The van der Waals surface area contributed by atoms with Crippen molar-refractivity contribution < 1.29 is 0 Å². The van der Waals surface area contributed by atoms with Gasteiger partial charge in [0, 0.05) is 0 Å². The van der Waals surface area contributed by atoms with Gasteiger partial charge in [-0.25, -0.2) is 0 Å². The Hall–Kier alpha value is -11.2. The van der Waals surface area contributed by atoms with Gasteiger partial charge in [-0.05, 0) is 249 Å². The van der Waals surface area contributed by atoms with Crippen LogP contribution in [-0.4, -0.2) is 0 Å². The summed E-state index contributed by atoms with van der Waals surface area (Å²) in [6, 6.07) is 108. The lowest BCUT2D eigenvalue weighted by atomic mass is 9.78. The van der Waals surface area contributed by atoms with E-state index in [1.165, 1.54) is 217 Å². The van der Waals surface area contributed by atoms with Crippen LogP contribution in [0.25, 0.3) is 162 Å². The first kappa shape index (κ1) is 49.8. The number of benzene rings is 21. The van der Waals surface area contributed by atoms with Crippen LogP contribution in [0.15, 0.2) is 279 Å². The third kappa shape index (κ3) is 7.22. The Morgan fingerprint density at radius 1 is 0.132 bits per heavy atom. The largest absolute Gasteiger partial charge is 0.0610 e. The lowest BCUT2D eigenvalue weighted by Crippen LogP contribution is -2.13. The molecule has 0 fully saturated rings. The van der Waals surface area contributed by atoms with Gasteiger partial charge in [0.25, 0.3) is 0 Å². The molecular formula is C91H56. The first-order chi connectivity index (χ1) is 45.1. The Kier molecular flexibility index (Phi) is 10.2. The van der Waals surface area contributed by atoms with Crippen molar-refractivity contribution in [3.8, 4) is 0 Å². The average Bonchev–Trinajstić information content (AvgIpc) is 1.27. The van der Waals surface area contributed by atoms with Crippen LogP contribution in [0.3, 0.4) is 0 Å². The molecule has 0 N–H and O–H groups in total. The van der Waals surface area contributed by atoms with E-state index in [9.17, 15) is 0 Å². The molecule has 0 aliphatic heterocycles. The molecule has 0 aliphatic rings. The SMILES string of the molecule is c1cc2ccc3ccc(Cc4cc(Cc5ccc6ccc7cccc8ccc5c6c78)c(Cc5ccc6ccc7cccc8ccc5c6c78)c(Cc5ccc6ccc7cccc8ccc5c6c78)c4Cc4ccc5ccc6cccc7ccc4c5c67)c4ccc(c1)c2c34. The van der Waals surface area contributed by atoms with Crippen LogP contribution >= 0.6 is 0 Å². The molecule has 21 rings (SSSR count). The highest BCUT2D eigenvalue weighted by Gasteiger charge is 2.26. The van der Waals surface area contributed by atoms with Gasteiger partial charge in [0.2, 0.25) is 0 Å². The van der Waals surface area contributed by atoms with Crippen molar-refractivity contribution >= 4 is 162 Å². The van der Waals surface area contributed by atoms with Crippen molar-refractivity contribution in [1.82, 2.24) is 0 Å². The lowest BCUT2D eigenvalue weighted by molar-refractivity contribution is 0.975. The molecule has 0 nitrogen and oxygen atoms in total. The smallest absolute Gasteiger partial charge is 0.00137 e. The Bertz CT molecular complexity index is 6190. The molecule has 0 aromatic heterocycles. The number of hydrogen-bond donors (Lipinski definition) is 0. The zero-order valence-electron chi connectivity index (χ0n) is 50.1. The van der Waals surface area contributed by atoms with E-state index in [4.69, 9.17) is 0 Å². The molecule has 91 heavy (non-hydrogen) atoms. The van der Waals surface area contributed by atoms with Gasteiger partial charge in [0.15, 0.2) is 0 Å². The topological polar surface area (TPSA) is 0 Å². The Morgan fingerprint density at radius 3 is 0.538 bits per heavy atom. The molecule has 0 heteroatoms. The molecule has 0 saturated carbocycles. The molecule has 0 bridgehead atoms. The molecule has 0 aliphatic carbocycles. The molecule has 21 aromatic carbocycles. The van der Waals surface area contributed by atoms with Crippen molar-refractivity contribution in [1.29, 1.82) is 0 Å². The van der Waals surface area contributed by atoms with Gasteiger partial charge in [-0.3, -0.25) is 0 Å². The summed E-state index contributed by atoms with van der Waals surface area (Å²) in [6.45, 7) is 0. The van der Waals surface area contributed by atoms with Crippen molar-refractivity contribution in [3.63, 3.8) is 0 Å². The molecular weight excluding hydrogens is 1090 g/mol. The zero-order valence-corrected chi connectivity index (χ0v) is 50.1. The van der Waals surface area contributed by atoms with Crippen molar-refractivity contribution in [2.75, 3.05) is 0 Å². The third-order valence-electron chi connectivity index (χ3n) is 21.8. The van der Waals surface area contributed by atoms with Gasteiger partial charge in [0.1, 0.15) is 0 Å². The molecule has 0 atom stereocenters. The van der Waals surface area contributed by atoms with Crippen LogP contribution in [-0.2, 0) is 32.1 Å². The first-order valence-corrected chi connectivity index (χ1v) is 32.5. The molecule has 0 spiro atoms. The normalized spacial score (nSPS) is 12.6. The van der Waals surface area contributed by atoms with Crippen LogP contribution in [0.5, 0.6) is 0 Å². The van der Waals surface area contributed by atoms with Gasteiger partial charge in [-0.2, -0.15) is 0 Å². The Balaban J connectivity index is 0.887. The van der Waals surface area contributed by atoms with Crippen LogP contribution in [0.4, 0.5) is 0 Å². The third-order valence-corrected chi connectivity index (χ3v) is 21.8. The second-order valence-corrected chi connectivity index (χ2v) is 26.4. The molecule has 21 aromatic rings. The van der Waals surface area contributed by atoms with Gasteiger partial charge in [0.05, 0.1) is 0 Å². The lowest BCUT2D eigenvalue weighted by Gasteiger charge is -2.26. The van der Waals surface area contributed by atoms with E-state index >= 15 is 0 Å². The minimum Gasteiger partial charge on any atom is -0.0610 e. The van der Waals surface area contributed by atoms with E-state index in [0.29, 0.717) is 0 Å². The molecule has 0 heterocycles. The predicted octanol–water partition coefficient (Wildman–Crippen LogP) is 24.1. The van der Waals surface area contributed by atoms with E-state index < -0.39 is 0 Å². The minimum absolute atomic E-state index is 0.772. The van der Waals surface area contributed by atoms with Crippen molar-refractivity contribution in [3.05, 3.63) is 335 Å². The summed E-state index contributed by atoms with van der Waals surface area (Å²) in [5.41, 5.74) is 14.0. The monoisotopic (exact) mass is 1150 g/mol.